The Hall–Kier alpha value is -1.75. The lowest BCUT2D eigenvalue weighted by Crippen LogP contribution is -2.38. The number of aryl methyl sites for hydroxylation is 2. The van der Waals surface area contributed by atoms with Crippen molar-refractivity contribution in [3.05, 3.63) is 33.8 Å². The Balaban J connectivity index is 1.94. The van der Waals surface area contributed by atoms with Crippen LogP contribution in [-0.4, -0.2) is 24.1 Å². The maximum atomic E-state index is 12.2. The van der Waals surface area contributed by atoms with Crippen LogP contribution in [0.1, 0.15) is 37.3 Å². The molecule has 2 N–H and O–H groups in total. The fourth-order valence-corrected chi connectivity index (χ4v) is 2.74. The van der Waals surface area contributed by atoms with E-state index in [1.165, 1.54) is 5.56 Å². The molecule has 1 aromatic carbocycles. The van der Waals surface area contributed by atoms with E-state index in [9.17, 15) is 4.79 Å². The predicted molar refractivity (Wildman–Crippen MR) is 97.8 cm³/mol. The first-order chi connectivity index (χ1) is 11.0. The minimum Gasteiger partial charge on any atom is -0.363 e. The first kappa shape index (κ1) is 17.6. The Labute approximate surface area is 143 Å². The molecule has 0 aromatic heterocycles. The van der Waals surface area contributed by atoms with Crippen LogP contribution >= 0.6 is 12.2 Å². The second kappa shape index (κ2) is 8.20. The first-order valence-electron chi connectivity index (χ1n) is 8.24. The molecule has 1 amide bonds. The molecule has 0 aliphatic carbocycles. The Bertz CT molecular complexity index is 712. The average molecular weight is 331 g/mol. The quantitative estimate of drug-likeness (QED) is 0.613. The van der Waals surface area contributed by atoms with E-state index >= 15 is 0 Å². The molecule has 1 atom stereocenters. The summed E-state index contributed by atoms with van der Waals surface area (Å²) in [6.45, 7) is 7.82. The molecule has 1 heterocycles. The van der Waals surface area contributed by atoms with Gasteiger partial charge in [0, 0.05) is 13.1 Å². The lowest BCUT2D eigenvalue weighted by molar-refractivity contribution is -0.120. The van der Waals surface area contributed by atoms with E-state index in [-0.39, 0.29) is 11.8 Å². The van der Waals surface area contributed by atoms with Crippen molar-refractivity contribution in [3.63, 3.8) is 0 Å². The maximum Gasteiger partial charge on any atom is 0.253 e. The van der Waals surface area contributed by atoms with Gasteiger partial charge in [-0.15, -0.1) is 0 Å². The molecule has 5 heteroatoms. The smallest absolute Gasteiger partial charge is 0.253 e. The number of nitrogens with one attached hydrogen (secondary N) is 2. The van der Waals surface area contributed by atoms with Gasteiger partial charge in [0.15, 0.2) is 5.11 Å². The van der Waals surface area contributed by atoms with Gasteiger partial charge in [0.1, 0.15) is 0 Å². The Morgan fingerprint density at radius 3 is 2.65 bits per heavy atom. The standard InChI is InChI=1S/C18H25N3OS/c1-4-5-7-19-18(23)20-8-6-14-11-15-9-12(2)13(3)10-16(15)21-17(14)22/h9-11,14H,4-8H2,1-3H3,(H2,19,20,23). The van der Waals surface area contributed by atoms with E-state index in [2.05, 4.69) is 35.5 Å². The summed E-state index contributed by atoms with van der Waals surface area (Å²) in [5, 5.41) is 8.83. The van der Waals surface area contributed by atoms with Crippen LogP contribution in [0.4, 0.5) is 0 Å². The molecule has 1 aromatic rings. The molecule has 1 unspecified atom stereocenters. The van der Waals surface area contributed by atoms with Crippen molar-refractivity contribution in [3.8, 4) is 0 Å². The minimum atomic E-state index is -0.171. The van der Waals surface area contributed by atoms with Gasteiger partial charge < -0.3 is 10.6 Å². The number of hydrogen-bond donors (Lipinski definition) is 2. The van der Waals surface area contributed by atoms with Crippen LogP contribution < -0.4 is 21.2 Å². The van der Waals surface area contributed by atoms with Crippen LogP contribution in [0, 0.1) is 19.8 Å². The van der Waals surface area contributed by atoms with E-state index in [0.717, 1.165) is 35.5 Å². The Morgan fingerprint density at radius 1 is 1.22 bits per heavy atom. The molecule has 1 aliphatic heterocycles. The highest BCUT2D eigenvalue weighted by atomic mass is 32.1. The summed E-state index contributed by atoms with van der Waals surface area (Å²) in [6, 6.07) is 4.10. The van der Waals surface area contributed by atoms with E-state index in [1.807, 2.05) is 19.1 Å². The number of unbranched alkanes of at least 4 members (excludes halogenated alkanes) is 1. The number of benzene rings is 1. The molecule has 124 valence electrons. The molecule has 0 fully saturated rings. The van der Waals surface area contributed by atoms with E-state index in [4.69, 9.17) is 12.2 Å². The lowest BCUT2D eigenvalue weighted by Gasteiger charge is -2.15. The molecule has 0 saturated carbocycles. The summed E-state index contributed by atoms with van der Waals surface area (Å²) in [5.41, 5.74) is 2.39. The van der Waals surface area contributed by atoms with Crippen molar-refractivity contribution >= 4 is 29.3 Å². The zero-order chi connectivity index (χ0) is 16.8. The summed E-state index contributed by atoms with van der Waals surface area (Å²) in [4.78, 5) is 16.4. The van der Waals surface area contributed by atoms with Crippen molar-refractivity contribution in [1.82, 2.24) is 10.6 Å². The molecule has 4 nitrogen and oxygen atoms in total. The summed E-state index contributed by atoms with van der Waals surface area (Å²) in [6.07, 6.45) is 4.97. The highest BCUT2D eigenvalue weighted by Gasteiger charge is 2.18. The van der Waals surface area contributed by atoms with Gasteiger partial charge in [0.05, 0.1) is 11.3 Å². The average Bonchev–Trinajstić information content (AvgIpc) is 2.50. The van der Waals surface area contributed by atoms with Gasteiger partial charge >= 0.3 is 0 Å². The molecular formula is C18H25N3OS. The fourth-order valence-electron chi connectivity index (χ4n) is 2.53. The van der Waals surface area contributed by atoms with Crippen molar-refractivity contribution in [1.29, 1.82) is 0 Å². The van der Waals surface area contributed by atoms with Gasteiger partial charge in [-0.05, 0) is 67.4 Å². The Morgan fingerprint density at radius 2 is 1.91 bits per heavy atom. The van der Waals surface area contributed by atoms with Crippen molar-refractivity contribution < 1.29 is 4.79 Å². The summed E-state index contributed by atoms with van der Waals surface area (Å²) < 4.78 is 0. The highest BCUT2D eigenvalue weighted by molar-refractivity contribution is 7.80. The molecule has 0 radical (unpaired) electrons. The van der Waals surface area contributed by atoms with Crippen LogP contribution in [0.25, 0.3) is 6.08 Å². The van der Waals surface area contributed by atoms with Gasteiger partial charge in [-0.2, -0.15) is 0 Å². The zero-order valence-corrected chi connectivity index (χ0v) is 14.9. The van der Waals surface area contributed by atoms with Gasteiger partial charge in [0.2, 0.25) is 0 Å². The first-order valence-corrected chi connectivity index (χ1v) is 8.65. The summed E-state index contributed by atoms with van der Waals surface area (Å²) in [5.74, 6) is -0.233. The second-order valence-corrected chi connectivity index (χ2v) is 6.45. The lowest BCUT2D eigenvalue weighted by atomic mass is 9.98. The molecule has 0 spiro atoms. The zero-order valence-electron chi connectivity index (χ0n) is 14.1. The summed E-state index contributed by atoms with van der Waals surface area (Å²) in [7, 11) is 0. The number of nitrogens with zero attached hydrogens (tertiary/aromatic N) is 1. The normalized spacial score (nSPS) is 16.1. The third-order valence-electron chi connectivity index (χ3n) is 4.13. The number of fused-ring (bicyclic) bond motifs is 1. The largest absolute Gasteiger partial charge is 0.363 e. The number of hydrogen-bond acceptors (Lipinski definition) is 2. The van der Waals surface area contributed by atoms with Crippen LogP contribution in [-0.2, 0) is 4.79 Å². The molecular weight excluding hydrogens is 306 g/mol. The van der Waals surface area contributed by atoms with Crippen molar-refractivity contribution in [2.24, 2.45) is 10.9 Å². The third-order valence-corrected chi connectivity index (χ3v) is 4.42. The number of carbonyl (C=O) groups excluding carboxylic acids is 1. The van der Waals surface area contributed by atoms with Crippen LogP contribution in [0.15, 0.2) is 17.1 Å². The molecule has 1 aliphatic rings. The number of carbonyl (C=O) groups is 1. The highest BCUT2D eigenvalue weighted by Crippen LogP contribution is 2.09. The molecule has 23 heavy (non-hydrogen) atoms. The molecule has 2 rings (SSSR count). The van der Waals surface area contributed by atoms with Crippen LogP contribution in [0.2, 0.25) is 0 Å². The van der Waals surface area contributed by atoms with Crippen molar-refractivity contribution in [2.45, 2.75) is 40.0 Å². The predicted octanol–water partition coefficient (Wildman–Crippen LogP) is 1.51. The SMILES string of the molecule is CCCCNC(=S)NCCC1C=c2cc(C)c(C)cc2=NC1=O. The van der Waals surface area contributed by atoms with Gasteiger partial charge in [-0.1, -0.05) is 19.4 Å². The number of thiocarbonyl (C=S) groups is 1. The van der Waals surface area contributed by atoms with Crippen LogP contribution in [0.3, 0.4) is 0 Å². The Kier molecular flexibility index (Phi) is 6.28. The molecule has 0 saturated heterocycles. The maximum absolute atomic E-state index is 12.2. The van der Waals surface area contributed by atoms with Gasteiger partial charge in [0.25, 0.3) is 5.91 Å². The van der Waals surface area contributed by atoms with Gasteiger partial charge in [-0.3, -0.25) is 4.79 Å². The topological polar surface area (TPSA) is 53.5 Å². The molecule has 0 bridgehead atoms. The van der Waals surface area contributed by atoms with Gasteiger partial charge in [-0.25, -0.2) is 4.99 Å². The van der Waals surface area contributed by atoms with E-state index in [1.54, 1.807) is 0 Å². The second-order valence-electron chi connectivity index (χ2n) is 6.04. The van der Waals surface area contributed by atoms with E-state index < -0.39 is 0 Å². The monoisotopic (exact) mass is 331 g/mol. The minimum absolute atomic E-state index is 0.0626. The number of amides is 1. The van der Waals surface area contributed by atoms with Crippen molar-refractivity contribution in [2.75, 3.05) is 13.1 Å². The van der Waals surface area contributed by atoms with E-state index in [0.29, 0.717) is 18.1 Å². The summed E-state index contributed by atoms with van der Waals surface area (Å²) >= 11 is 5.22. The number of rotatable bonds is 6. The third kappa shape index (κ3) is 4.86. The van der Waals surface area contributed by atoms with Crippen LogP contribution in [0.5, 0.6) is 0 Å². The fraction of sp³-hybridized carbons (Fsp3) is 0.500.